The molecule has 0 amide bonds. The summed E-state index contributed by atoms with van der Waals surface area (Å²) in [4.78, 5) is 8.68. The summed E-state index contributed by atoms with van der Waals surface area (Å²) in [5, 5.41) is 11.0. The van der Waals surface area contributed by atoms with Gasteiger partial charge in [-0.3, -0.25) is 9.88 Å². The number of hydrogen-bond acceptors (Lipinski definition) is 4. The first-order valence-corrected chi connectivity index (χ1v) is 7.91. The maximum absolute atomic E-state index is 10.3. The number of aliphatic hydroxyl groups is 1. The van der Waals surface area contributed by atoms with Crippen LogP contribution in [-0.4, -0.2) is 47.7 Å². The topological polar surface area (TPSA) is 39.6 Å². The third kappa shape index (κ3) is 3.77. The fourth-order valence-corrected chi connectivity index (χ4v) is 2.97. The van der Waals surface area contributed by atoms with E-state index in [1.165, 1.54) is 5.69 Å². The van der Waals surface area contributed by atoms with Crippen LogP contribution in [-0.2, 0) is 0 Å². The van der Waals surface area contributed by atoms with E-state index in [9.17, 15) is 5.11 Å². The van der Waals surface area contributed by atoms with Gasteiger partial charge in [-0.25, -0.2) is 0 Å². The van der Waals surface area contributed by atoms with Crippen molar-refractivity contribution in [1.82, 2.24) is 9.88 Å². The zero-order valence-electron chi connectivity index (χ0n) is 12.4. The maximum atomic E-state index is 10.3. The zero-order chi connectivity index (χ0) is 15.4. The number of nitrogens with zero attached hydrogens (tertiary/aromatic N) is 3. The van der Waals surface area contributed by atoms with Crippen LogP contribution in [0.15, 0.2) is 48.8 Å². The van der Waals surface area contributed by atoms with Gasteiger partial charge < -0.3 is 10.0 Å². The molecule has 0 saturated carbocycles. The molecule has 0 bridgehead atoms. The minimum Gasteiger partial charge on any atom is -0.387 e. The molecule has 0 spiro atoms. The average molecular weight is 318 g/mol. The third-order valence-corrected chi connectivity index (χ3v) is 4.28. The molecule has 5 heteroatoms. The Balaban J connectivity index is 1.54. The molecular weight excluding hydrogens is 298 g/mol. The zero-order valence-corrected chi connectivity index (χ0v) is 13.2. The van der Waals surface area contributed by atoms with Gasteiger partial charge in [-0.05, 0) is 24.3 Å². The summed E-state index contributed by atoms with van der Waals surface area (Å²) in [6, 6.07) is 11.7. The molecule has 3 rings (SSSR count). The molecule has 4 nitrogen and oxygen atoms in total. The van der Waals surface area contributed by atoms with Gasteiger partial charge in [-0.2, -0.15) is 0 Å². The monoisotopic (exact) mass is 317 g/mol. The number of anilines is 1. The lowest BCUT2D eigenvalue weighted by molar-refractivity contribution is 0.109. The highest BCUT2D eigenvalue weighted by Gasteiger charge is 2.20. The highest BCUT2D eigenvalue weighted by Crippen LogP contribution is 2.21. The maximum Gasteiger partial charge on any atom is 0.0931 e. The second kappa shape index (κ2) is 7.09. The van der Waals surface area contributed by atoms with Gasteiger partial charge in [0.05, 0.1) is 6.10 Å². The van der Waals surface area contributed by atoms with Crippen LogP contribution in [0, 0.1) is 0 Å². The van der Waals surface area contributed by atoms with Crippen molar-refractivity contribution < 1.29 is 5.11 Å². The Morgan fingerprint density at radius 1 is 1.14 bits per heavy atom. The number of piperazine rings is 1. The van der Waals surface area contributed by atoms with Crippen LogP contribution < -0.4 is 4.90 Å². The van der Waals surface area contributed by atoms with E-state index in [1.54, 1.807) is 12.4 Å². The molecule has 2 heterocycles. The Hall–Kier alpha value is -1.62. The average Bonchev–Trinajstić information content (AvgIpc) is 2.56. The summed E-state index contributed by atoms with van der Waals surface area (Å²) < 4.78 is 0. The molecule has 1 fully saturated rings. The van der Waals surface area contributed by atoms with Crippen LogP contribution in [0.25, 0.3) is 0 Å². The number of aliphatic hydroxyl groups excluding tert-OH is 1. The number of pyridine rings is 1. The van der Waals surface area contributed by atoms with E-state index in [4.69, 9.17) is 11.6 Å². The van der Waals surface area contributed by atoms with Crippen LogP contribution in [0.2, 0.25) is 5.02 Å². The highest BCUT2D eigenvalue weighted by atomic mass is 35.5. The number of benzene rings is 1. The number of halogens is 1. The summed E-state index contributed by atoms with van der Waals surface area (Å²) in [5.41, 5.74) is 2.04. The molecule has 1 saturated heterocycles. The first kappa shape index (κ1) is 15.3. The minimum atomic E-state index is -0.480. The van der Waals surface area contributed by atoms with E-state index in [2.05, 4.69) is 20.9 Å². The van der Waals surface area contributed by atoms with Gasteiger partial charge in [0.2, 0.25) is 0 Å². The van der Waals surface area contributed by atoms with Crippen LogP contribution in [0.1, 0.15) is 11.7 Å². The Morgan fingerprint density at radius 2 is 1.95 bits per heavy atom. The fraction of sp³-hybridized carbons (Fsp3) is 0.353. The number of rotatable bonds is 4. The summed E-state index contributed by atoms with van der Waals surface area (Å²) >= 11 is 6.05. The summed E-state index contributed by atoms with van der Waals surface area (Å²) in [6.07, 6.45) is 2.97. The first-order valence-electron chi connectivity index (χ1n) is 7.53. The summed E-state index contributed by atoms with van der Waals surface area (Å²) in [5.74, 6) is 0. The summed E-state index contributed by atoms with van der Waals surface area (Å²) in [7, 11) is 0. The van der Waals surface area contributed by atoms with Crippen molar-refractivity contribution in [2.24, 2.45) is 0 Å². The molecule has 1 aliphatic rings. The standard InChI is InChI=1S/C17H20ClN3O/c18-15-4-1-5-16(11-15)21-9-7-20(8-10-21)13-17(22)14-3-2-6-19-12-14/h1-6,11-12,17,22H,7-10,13H2. The van der Waals surface area contributed by atoms with Crippen molar-refractivity contribution in [3.63, 3.8) is 0 Å². The largest absolute Gasteiger partial charge is 0.387 e. The van der Waals surface area contributed by atoms with Gasteiger partial charge in [0, 0.05) is 61.4 Å². The van der Waals surface area contributed by atoms with Gasteiger partial charge >= 0.3 is 0 Å². The molecule has 2 aromatic rings. The molecule has 0 radical (unpaired) electrons. The van der Waals surface area contributed by atoms with E-state index in [0.717, 1.165) is 36.8 Å². The SMILES string of the molecule is OC(CN1CCN(c2cccc(Cl)c2)CC1)c1cccnc1. The fourth-order valence-electron chi connectivity index (χ4n) is 2.78. The second-order valence-electron chi connectivity index (χ2n) is 5.57. The van der Waals surface area contributed by atoms with Crippen LogP contribution in [0.4, 0.5) is 5.69 Å². The van der Waals surface area contributed by atoms with Crippen molar-refractivity contribution in [3.05, 3.63) is 59.4 Å². The Labute approximate surface area is 136 Å². The molecule has 22 heavy (non-hydrogen) atoms. The van der Waals surface area contributed by atoms with E-state index >= 15 is 0 Å². The molecule has 1 aromatic carbocycles. The predicted octanol–water partition coefficient (Wildman–Crippen LogP) is 2.59. The quantitative estimate of drug-likeness (QED) is 0.941. The molecule has 1 N–H and O–H groups in total. The smallest absolute Gasteiger partial charge is 0.0931 e. The third-order valence-electron chi connectivity index (χ3n) is 4.05. The molecule has 0 aliphatic carbocycles. The predicted molar refractivity (Wildman–Crippen MR) is 89.3 cm³/mol. The molecule has 1 atom stereocenters. The summed E-state index contributed by atoms with van der Waals surface area (Å²) in [6.45, 7) is 4.41. The van der Waals surface area contributed by atoms with Gasteiger partial charge in [0.1, 0.15) is 0 Å². The van der Waals surface area contributed by atoms with E-state index in [-0.39, 0.29) is 0 Å². The van der Waals surface area contributed by atoms with Gasteiger partial charge in [-0.15, -0.1) is 0 Å². The second-order valence-corrected chi connectivity index (χ2v) is 6.01. The molecule has 1 unspecified atom stereocenters. The lowest BCUT2D eigenvalue weighted by atomic mass is 10.1. The number of hydrogen-bond donors (Lipinski definition) is 1. The molecule has 1 aromatic heterocycles. The van der Waals surface area contributed by atoms with E-state index in [1.807, 2.05) is 30.3 Å². The number of aromatic nitrogens is 1. The van der Waals surface area contributed by atoms with Crippen molar-refractivity contribution in [3.8, 4) is 0 Å². The normalized spacial score (nSPS) is 17.5. The van der Waals surface area contributed by atoms with Crippen LogP contribution >= 0.6 is 11.6 Å². The van der Waals surface area contributed by atoms with Crippen molar-refractivity contribution in [2.75, 3.05) is 37.6 Å². The number of β-amino-alcohol motifs (C(OH)–C–C–N with tert-alkyl or cyclic N) is 1. The minimum absolute atomic E-state index is 0.480. The van der Waals surface area contributed by atoms with E-state index < -0.39 is 6.10 Å². The van der Waals surface area contributed by atoms with Crippen molar-refractivity contribution in [2.45, 2.75) is 6.10 Å². The Bertz CT molecular complexity index is 600. The van der Waals surface area contributed by atoms with Crippen LogP contribution in [0.5, 0.6) is 0 Å². The van der Waals surface area contributed by atoms with Crippen LogP contribution in [0.3, 0.4) is 0 Å². The van der Waals surface area contributed by atoms with Crippen molar-refractivity contribution in [1.29, 1.82) is 0 Å². The Morgan fingerprint density at radius 3 is 2.64 bits per heavy atom. The molecule has 116 valence electrons. The first-order chi connectivity index (χ1) is 10.7. The lowest BCUT2D eigenvalue weighted by Crippen LogP contribution is -2.47. The molecular formula is C17H20ClN3O. The van der Waals surface area contributed by atoms with E-state index in [0.29, 0.717) is 6.54 Å². The molecule has 1 aliphatic heterocycles. The van der Waals surface area contributed by atoms with Gasteiger partial charge in [0.15, 0.2) is 0 Å². The highest BCUT2D eigenvalue weighted by molar-refractivity contribution is 6.30. The Kier molecular flexibility index (Phi) is 4.93. The van der Waals surface area contributed by atoms with Gasteiger partial charge in [-0.1, -0.05) is 23.7 Å². The lowest BCUT2D eigenvalue weighted by Gasteiger charge is -2.37. The van der Waals surface area contributed by atoms with Crippen molar-refractivity contribution >= 4 is 17.3 Å². The van der Waals surface area contributed by atoms with Gasteiger partial charge in [0.25, 0.3) is 0 Å².